The number of hydrogen-bond donors (Lipinski definition) is 1. The number of ether oxygens (including phenoxy) is 1. The Morgan fingerprint density at radius 2 is 2.18 bits per heavy atom. The lowest BCUT2D eigenvalue weighted by atomic mass is 10.3. The highest BCUT2D eigenvalue weighted by atomic mass is 35.5. The van der Waals surface area contributed by atoms with Crippen LogP contribution in [0.15, 0.2) is 36.5 Å². The summed E-state index contributed by atoms with van der Waals surface area (Å²) in [6, 6.07) is 8.25. The SMILES string of the molecule is Cn1ccc(C(=O)Oc2cccc(Cl)c2)c1N. The van der Waals surface area contributed by atoms with E-state index < -0.39 is 5.97 Å². The first-order valence-electron chi connectivity index (χ1n) is 4.96. The molecule has 0 radical (unpaired) electrons. The van der Waals surface area contributed by atoms with Crippen LogP contribution in [0.5, 0.6) is 5.75 Å². The summed E-state index contributed by atoms with van der Waals surface area (Å²) in [5.41, 5.74) is 6.06. The maximum atomic E-state index is 11.8. The molecule has 0 aliphatic carbocycles. The van der Waals surface area contributed by atoms with Crippen LogP contribution in [0.3, 0.4) is 0 Å². The number of nitrogens with two attached hydrogens (primary N) is 1. The molecule has 88 valence electrons. The molecule has 17 heavy (non-hydrogen) atoms. The van der Waals surface area contributed by atoms with Crippen LogP contribution < -0.4 is 10.5 Å². The zero-order valence-electron chi connectivity index (χ0n) is 9.18. The van der Waals surface area contributed by atoms with Gasteiger partial charge >= 0.3 is 5.97 Å². The summed E-state index contributed by atoms with van der Waals surface area (Å²) in [4.78, 5) is 11.8. The van der Waals surface area contributed by atoms with Gasteiger partial charge in [0.2, 0.25) is 0 Å². The van der Waals surface area contributed by atoms with Gasteiger partial charge in [0.1, 0.15) is 17.1 Å². The number of halogens is 1. The van der Waals surface area contributed by atoms with Crippen molar-refractivity contribution in [1.82, 2.24) is 4.57 Å². The molecule has 0 saturated heterocycles. The van der Waals surface area contributed by atoms with Gasteiger partial charge < -0.3 is 15.0 Å². The number of esters is 1. The van der Waals surface area contributed by atoms with Crippen molar-refractivity contribution < 1.29 is 9.53 Å². The highest BCUT2D eigenvalue weighted by Crippen LogP contribution is 2.20. The average Bonchev–Trinajstić information content (AvgIpc) is 2.60. The van der Waals surface area contributed by atoms with Crippen molar-refractivity contribution in [3.8, 4) is 5.75 Å². The van der Waals surface area contributed by atoms with E-state index in [4.69, 9.17) is 22.1 Å². The largest absolute Gasteiger partial charge is 0.423 e. The van der Waals surface area contributed by atoms with E-state index in [1.54, 1.807) is 48.1 Å². The van der Waals surface area contributed by atoms with E-state index in [0.717, 1.165) is 0 Å². The van der Waals surface area contributed by atoms with Gasteiger partial charge in [-0.1, -0.05) is 17.7 Å². The Balaban J connectivity index is 2.20. The molecule has 0 fully saturated rings. The maximum absolute atomic E-state index is 11.8. The monoisotopic (exact) mass is 250 g/mol. The van der Waals surface area contributed by atoms with E-state index in [-0.39, 0.29) is 0 Å². The molecule has 1 aromatic carbocycles. The third-order valence-electron chi connectivity index (χ3n) is 2.35. The van der Waals surface area contributed by atoms with Crippen LogP contribution in [0.1, 0.15) is 10.4 Å². The number of carbonyl (C=O) groups is 1. The van der Waals surface area contributed by atoms with E-state index in [1.807, 2.05) is 0 Å². The van der Waals surface area contributed by atoms with Crippen LogP contribution in [0, 0.1) is 0 Å². The third kappa shape index (κ3) is 2.42. The van der Waals surface area contributed by atoms with E-state index in [9.17, 15) is 4.79 Å². The number of anilines is 1. The molecular weight excluding hydrogens is 240 g/mol. The minimum Gasteiger partial charge on any atom is -0.423 e. The summed E-state index contributed by atoms with van der Waals surface area (Å²) < 4.78 is 6.81. The van der Waals surface area contributed by atoms with Crippen LogP contribution in [0.4, 0.5) is 5.82 Å². The van der Waals surface area contributed by atoms with Crippen molar-refractivity contribution in [3.63, 3.8) is 0 Å². The van der Waals surface area contributed by atoms with Crippen LogP contribution in [0.2, 0.25) is 5.02 Å². The zero-order chi connectivity index (χ0) is 12.4. The van der Waals surface area contributed by atoms with Crippen LogP contribution in [0.25, 0.3) is 0 Å². The highest BCUT2D eigenvalue weighted by Gasteiger charge is 2.14. The number of nitrogen functional groups attached to an aromatic ring is 1. The number of aryl methyl sites for hydroxylation is 1. The number of nitrogens with zero attached hydrogens (tertiary/aromatic N) is 1. The summed E-state index contributed by atoms with van der Waals surface area (Å²) in [6.45, 7) is 0. The molecule has 0 spiro atoms. The Bertz CT molecular complexity index is 563. The Morgan fingerprint density at radius 1 is 1.41 bits per heavy atom. The standard InChI is InChI=1S/C12H11ClN2O2/c1-15-6-5-10(11(15)14)12(16)17-9-4-2-3-8(13)7-9/h2-7H,14H2,1H3. The van der Waals surface area contributed by atoms with Crippen molar-refractivity contribution in [2.45, 2.75) is 0 Å². The first kappa shape index (κ1) is 11.5. The number of aromatic nitrogens is 1. The smallest absolute Gasteiger partial charge is 0.347 e. The Kier molecular flexibility index (Phi) is 3.06. The lowest BCUT2D eigenvalue weighted by molar-refractivity contribution is 0.0736. The molecule has 0 atom stereocenters. The molecule has 0 aliphatic heterocycles. The van der Waals surface area contributed by atoms with E-state index in [0.29, 0.717) is 22.2 Å². The van der Waals surface area contributed by atoms with Crippen molar-refractivity contribution in [1.29, 1.82) is 0 Å². The molecule has 1 heterocycles. The number of rotatable bonds is 2. The van der Waals surface area contributed by atoms with Crippen LogP contribution in [-0.2, 0) is 7.05 Å². The van der Waals surface area contributed by atoms with Gasteiger partial charge in [0.25, 0.3) is 0 Å². The summed E-state index contributed by atoms with van der Waals surface area (Å²) in [7, 11) is 1.76. The second kappa shape index (κ2) is 4.51. The van der Waals surface area contributed by atoms with Crippen molar-refractivity contribution in [3.05, 3.63) is 47.1 Å². The average molecular weight is 251 g/mol. The summed E-state index contributed by atoms with van der Waals surface area (Å²) in [6.07, 6.45) is 1.70. The van der Waals surface area contributed by atoms with Gasteiger partial charge in [-0.2, -0.15) is 0 Å². The van der Waals surface area contributed by atoms with Gasteiger partial charge in [-0.3, -0.25) is 0 Å². The Labute approximate surface area is 104 Å². The van der Waals surface area contributed by atoms with Gasteiger partial charge in [-0.05, 0) is 24.3 Å². The predicted octanol–water partition coefficient (Wildman–Crippen LogP) is 2.48. The molecule has 1 aromatic heterocycles. The number of hydrogen-bond acceptors (Lipinski definition) is 3. The molecule has 0 bridgehead atoms. The van der Waals surface area contributed by atoms with Gasteiger partial charge in [0.05, 0.1) is 0 Å². The van der Waals surface area contributed by atoms with Gasteiger partial charge in [0, 0.05) is 18.3 Å². The van der Waals surface area contributed by atoms with Gasteiger partial charge in [0.15, 0.2) is 0 Å². The number of benzene rings is 1. The lowest BCUT2D eigenvalue weighted by Crippen LogP contribution is -2.10. The molecule has 5 heteroatoms. The van der Waals surface area contributed by atoms with Gasteiger partial charge in [-0.15, -0.1) is 0 Å². The minimum atomic E-state index is -0.495. The van der Waals surface area contributed by atoms with E-state index in [2.05, 4.69) is 0 Å². The molecule has 2 N–H and O–H groups in total. The molecule has 0 amide bonds. The topological polar surface area (TPSA) is 57.2 Å². The maximum Gasteiger partial charge on any atom is 0.347 e. The third-order valence-corrected chi connectivity index (χ3v) is 2.58. The molecule has 0 saturated carbocycles. The summed E-state index contributed by atoms with van der Waals surface area (Å²) in [5.74, 6) is 0.271. The fraction of sp³-hybridized carbons (Fsp3) is 0.0833. The fourth-order valence-corrected chi connectivity index (χ4v) is 1.59. The van der Waals surface area contributed by atoms with Gasteiger partial charge in [-0.25, -0.2) is 4.79 Å². The van der Waals surface area contributed by atoms with Crippen molar-refractivity contribution in [2.24, 2.45) is 7.05 Å². The second-order valence-corrected chi connectivity index (χ2v) is 4.01. The Morgan fingerprint density at radius 3 is 2.76 bits per heavy atom. The van der Waals surface area contributed by atoms with Crippen molar-refractivity contribution in [2.75, 3.05) is 5.73 Å². The highest BCUT2D eigenvalue weighted by molar-refractivity contribution is 6.30. The number of carbonyl (C=O) groups excluding carboxylic acids is 1. The Hall–Kier alpha value is -1.94. The predicted molar refractivity (Wildman–Crippen MR) is 66.2 cm³/mol. The van der Waals surface area contributed by atoms with Crippen molar-refractivity contribution >= 4 is 23.4 Å². The molecule has 0 unspecified atom stereocenters. The minimum absolute atomic E-state index is 0.340. The molecule has 2 aromatic rings. The first-order valence-corrected chi connectivity index (χ1v) is 5.34. The molecule has 4 nitrogen and oxygen atoms in total. The van der Waals surface area contributed by atoms with E-state index in [1.165, 1.54) is 0 Å². The molecule has 0 aliphatic rings. The molecular formula is C12H11ClN2O2. The first-order chi connectivity index (χ1) is 8.08. The lowest BCUT2D eigenvalue weighted by Gasteiger charge is -2.04. The summed E-state index contributed by atoms with van der Waals surface area (Å²) in [5, 5.41) is 0.510. The zero-order valence-corrected chi connectivity index (χ0v) is 9.94. The van der Waals surface area contributed by atoms with Crippen LogP contribution >= 0.6 is 11.6 Å². The quantitative estimate of drug-likeness (QED) is 0.658. The van der Waals surface area contributed by atoms with Crippen LogP contribution in [-0.4, -0.2) is 10.5 Å². The van der Waals surface area contributed by atoms with E-state index >= 15 is 0 Å². The normalized spacial score (nSPS) is 10.2. The summed E-state index contributed by atoms with van der Waals surface area (Å²) >= 11 is 5.79. The molecule has 2 rings (SSSR count). The second-order valence-electron chi connectivity index (χ2n) is 3.57. The fourth-order valence-electron chi connectivity index (χ4n) is 1.41.